The molecule has 0 bridgehead atoms. The number of rotatable bonds is 2. The van der Waals surface area contributed by atoms with Crippen LogP contribution in [-0.4, -0.2) is 29.0 Å². The third-order valence-electron chi connectivity index (χ3n) is 2.28. The molecule has 2 heterocycles. The van der Waals surface area contributed by atoms with Crippen molar-refractivity contribution >= 4 is 0 Å². The van der Waals surface area contributed by atoms with Crippen LogP contribution in [0.2, 0.25) is 0 Å². The number of aryl methyl sites for hydroxylation is 2. The quantitative estimate of drug-likeness (QED) is 0.721. The molecule has 1 atom stereocenters. The summed E-state index contributed by atoms with van der Waals surface area (Å²) < 4.78 is 7.57. The Kier molecular flexibility index (Phi) is 2.22. The number of aromatic nitrogens is 2. The van der Waals surface area contributed by atoms with Crippen LogP contribution >= 0.6 is 0 Å². The first-order valence-electron chi connectivity index (χ1n) is 4.63. The highest BCUT2D eigenvalue weighted by molar-refractivity contribution is 5.23. The van der Waals surface area contributed by atoms with Crippen molar-refractivity contribution in [3.8, 4) is 5.75 Å². The van der Waals surface area contributed by atoms with Gasteiger partial charge < -0.3 is 10.1 Å². The van der Waals surface area contributed by atoms with E-state index < -0.39 is 0 Å². The van der Waals surface area contributed by atoms with E-state index in [2.05, 4.69) is 10.4 Å². The van der Waals surface area contributed by atoms with Crippen LogP contribution in [0.5, 0.6) is 5.75 Å². The van der Waals surface area contributed by atoms with Crippen molar-refractivity contribution in [2.75, 3.05) is 13.1 Å². The molecule has 0 spiro atoms. The third-order valence-corrected chi connectivity index (χ3v) is 2.28. The minimum atomic E-state index is 0.322. The smallest absolute Gasteiger partial charge is 0.160 e. The summed E-state index contributed by atoms with van der Waals surface area (Å²) in [4.78, 5) is 0. The molecular formula is C9H15N3O. The molecule has 0 amide bonds. The Morgan fingerprint density at radius 3 is 3.08 bits per heavy atom. The second-order valence-corrected chi connectivity index (χ2v) is 3.49. The highest BCUT2D eigenvalue weighted by Gasteiger charge is 2.17. The van der Waals surface area contributed by atoms with Crippen LogP contribution < -0.4 is 10.1 Å². The van der Waals surface area contributed by atoms with E-state index >= 15 is 0 Å². The molecular weight excluding hydrogens is 166 g/mol. The van der Waals surface area contributed by atoms with E-state index in [9.17, 15) is 0 Å². The van der Waals surface area contributed by atoms with E-state index in [0.29, 0.717) is 6.10 Å². The standard InChI is InChI=1S/C9H15N3O/c1-7-9(6-12(2)11-7)13-8-3-4-10-5-8/h6,8,10H,3-5H2,1-2H3. The number of hydrogen-bond acceptors (Lipinski definition) is 3. The lowest BCUT2D eigenvalue weighted by molar-refractivity contribution is 0.221. The van der Waals surface area contributed by atoms with Gasteiger partial charge in [-0.15, -0.1) is 0 Å². The van der Waals surface area contributed by atoms with E-state index in [1.54, 1.807) is 4.68 Å². The molecule has 72 valence electrons. The van der Waals surface area contributed by atoms with Gasteiger partial charge >= 0.3 is 0 Å². The van der Waals surface area contributed by atoms with Crippen molar-refractivity contribution in [1.82, 2.24) is 15.1 Å². The van der Waals surface area contributed by atoms with Gasteiger partial charge in [0.15, 0.2) is 5.75 Å². The average molecular weight is 181 g/mol. The normalized spacial score (nSPS) is 22.2. The first kappa shape index (κ1) is 8.56. The molecule has 1 fully saturated rings. The summed E-state index contributed by atoms with van der Waals surface area (Å²) in [5, 5.41) is 7.49. The Morgan fingerprint density at radius 2 is 2.54 bits per heavy atom. The van der Waals surface area contributed by atoms with Crippen LogP contribution in [0.25, 0.3) is 0 Å². The van der Waals surface area contributed by atoms with Crippen molar-refractivity contribution < 1.29 is 4.74 Å². The van der Waals surface area contributed by atoms with Crippen molar-refractivity contribution in [2.24, 2.45) is 7.05 Å². The second-order valence-electron chi connectivity index (χ2n) is 3.49. The summed E-state index contributed by atoms with van der Waals surface area (Å²) in [5.41, 5.74) is 0.967. The van der Waals surface area contributed by atoms with E-state index in [4.69, 9.17) is 4.74 Å². The first-order chi connectivity index (χ1) is 6.25. The lowest BCUT2D eigenvalue weighted by Gasteiger charge is -2.10. The molecule has 1 unspecified atom stereocenters. The molecule has 2 rings (SSSR count). The van der Waals surface area contributed by atoms with Crippen molar-refractivity contribution in [3.63, 3.8) is 0 Å². The molecule has 4 nitrogen and oxygen atoms in total. The molecule has 1 aromatic rings. The molecule has 0 aliphatic carbocycles. The predicted octanol–water partition coefficient (Wildman–Crippen LogP) is 0.469. The summed E-state index contributed by atoms with van der Waals surface area (Å²) in [6.07, 6.45) is 3.34. The summed E-state index contributed by atoms with van der Waals surface area (Å²) in [7, 11) is 1.91. The molecule has 1 saturated heterocycles. The summed E-state index contributed by atoms with van der Waals surface area (Å²) in [6, 6.07) is 0. The van der Waals surface area contributed by atoms with Gasteiger partial charge in [0.1, 0.15) is 11.8 Å². The van der Waals surface area contributed by atoms with Crippen LogP contribution in [-0.2, 0) is 7.05 Å². The average Bonchev–Trinajstić information content (AvgIpc) is 2.63. The zero-order valence-corrected chi connectivity index (χ0v) is 8.08. The summed E-state index contributed by atoms with van der Waals surface area (Å²) in [6.45, 7) is 3.98. The molecule has 4 heteroatoms. The Bertz CT molecular complexity index is 289. The number of nitrogens with one attached hydrogen (secondary N) is 1. The monoisotopic (exact) mass is 181 g/mol. The van der Waals surface area contributed by atoms with Gasteiger partial charge in [0.25, 0.3) is 0 Å². The van der Waals surface area contributed by atoms with Gasteiger partial charge in [0.05, 0.1) is 6.20 Å². The molecule has 1 aliphatic heterocycles. The minimum absolute atomic E-state index is 0.322. The summed E-state index contributed by atoms with van der Waals surface area (Å²) in [5.74, 6) is 0.913. The van der Waals surface area contributed by atoms with E-state index in [-0.39, 0.29) is 0 Å². The fourth-order valence-electron chi connectivity index (χ4n) is 1.60. The maximum absolute atomic E-state index is 5.78. The van der Waals surface area contributed by atoms with Gasteiger partial charge in [-0.3, -0.25) is 4.68 Å². The first-order valence-corrected chi connectivity index (χ1v) is 4.63. The van der Waals surface area contributed by atoms with Gasteiger partial charge in [-0.05, 0) is 19.9 Å². The highest BCUT2D eigenvalue weighted by atomic mass is 16.5. The maximum Gasteiger partial charge on any atom is 0.160 e. The second kappa shape index (κ2) is 3.38. The van der Waals surface area contributed by atoms with Crippen LogP contribution in [0, 0.1) is 6.92 Å². The van der Waals surface area contributed by atoms with Gasteiger partial charge in [0, 0.05) is 13.6 Å². The molecule has 0 saturated carbocycles. The molecule has 13 heavy (non-hydrogen) atoms. The molecule has 0 radical (unpaired) electrons. The molecule has 0 aromatic carbocycles. The van der Waals surface area contributed by atoms with Gasteiger partial charge in [0.2, 0.25) is 0 Å². The fourth-order valence-corrected chi connectivity index (χ4v) is 1.60. The van der Waals surface area contributed by atoms with E-state index in [1.165, 1.54) is 0 Å². The van der Waals surface area contributed by atoms with E-state index in [0.717, 1.165) is 31.0 Å². The van der Waals surface area contributed by atoms with Crippen LogP contribution in [0.1, 0.15) is 12.1 Å². The summed E-state index contributed by atoms with van der Waals surface area (Å²) >= 11 is 0. The van der Waals surface area contributed by atoms with Gasteiger partial charge in [-0.25, -0.2) is 0 Å². The molecule has 1 aliphatic rings. The van der Waals surface area contributed by atoms with Crippen molar-refractivity contribution in [2.45, 2.75) is 19.4 Å². The maximum atomic E-state index is 5.78. The molecule has 1 N–H and O–H groups in total. The van der Waals surface area contributed by atoms with Gasteiger partial charge in [-0.1, -0.05) is 0 Å². The zero-order valence-electron chi connectivity index (χ0n) is 8.08. The predicted molar refractivity (Wildman–Crippen MR) is 49.8 cm³/mol. The highest BCUT2D eigenvalue weighted by Crippen LogP contribution is 2.18. The van der Waals surface area contributed by atoms with Crippen LogP contribution in [0.4, 0.5) is 0 Å². The van der Waals surface area contributed by atoms with Crippen LogP contribution in [0.15, 0.2) is 6.20 Å². The number of hydrogen-bond donors (Lipinski definition) is 1. The fraction of sp³-hybridized carbons (Fsp3) is 0.667. The lowest BCUT2D eigenvalue weighted by atomic mass is 10.3. The SMILES string of the molecule is Cc1nn(C)cc1OC1CCNC1. The lowest BCUT2D eigenvalue weighted by Crippen LogP contribution is -2.19. The third kappa shape index (κ3) is 1.83. The van der Waals surface area contributed by atoms with Crippen molar-refractivity contribution in [1.29, 1.82) is 0 Å². The van der Waals surface area contributed by atoms with Crippen molar-refractivity contribution in [3.05, 3.63) is 11.9 Å². The largest absolute Gasteiger partial charge is 0.485 e. The minimum Gasteiger partial charge on any atom is -0.485 e. The van der Waals surface area contributed by atoms with Gasteiger partial charge in [-0.2, -0.15) is 5.10 Å². The Balaban J connectivity index is 2.03. The number of ether oxygens (including phenoxy) is 1. The Hall–Kier alpha value is -1.03. The van der Waals surface area contributed by atoms with Crippen LogP contribution in [0.3, 0.4) is 0 Å². The topological polar surface area (TPSA) is 39.1 Å². The Morgan fingerprint density at radius 1 is 1.69 bits per heavy atom. The van der Waals surface area contributed by atoms with E-state index in [1.807, 2.05) is 20.2 Å². The Labute approximate surface area is 77.9 Å². The zero-order chi connectivity index (χ0) is 9.26. The number of nitrogens with zero attached hydrogens (tertiary/aromatic N) is 2. The molecule has 1 aromatic heterocycles.